The number of nitrogens with one attached hydrogen (secondary N) is 1. The molecule has 0 atom stereocenters. The Balaban J connectivity index is 2.66. The summed E-state index contributed by atoms with van der Waals surface area (Å²) in [5.74, 6) is 1.61. The molecule has 0 saturated carbocycles. The van der Waals surface area contributed by atoms with Crippen molar-refractivity contribution in [2.75, 3.05) is 19.0 Å². The number of rotatable bonds is 6. The minimum atomic E-state index is 0.747. The maximum atomic E-state index is 5.71. The maximum Gasteiger partial charge on any atom is 0.169 e. The van der Waals surface area contributed by atoms with Crippen LogP contribution in [0.5, 0.6) is 5.75 Å². The third-order valence-corrected chi connectivity index (χ3v) is 4.31. The van der Waals surface area contributed by atoms with Gasteiger partial charge in [0.1, 0.15) is 3.70 Å². The van der Waals surface area contributed by atoms with Crippen LogP contribution in [-0.2, 0) is 0 Å². The zero-order valence-corrected chi connectivity index (χ0v) is 13.3. The molecular weight excluding hydrogens is 383 g/mol. The van der Waals surface area contributed by atoms with E-state index in [4.69, 9.17) is 4.74 Å². The highest BCUT2D eigenvalue weighted by Gasteiger charge is 2.08. The van der Waals surface area contributed by atoms with Crippen molar-refractivity contribution < 1.29 is 4.74 Å². The number of aromatic nitrogens is 1. The molecule has 3 nitrogen and oxygen atoms in total. The summed E-state index contributed by atoms with van der Waals surface area (Å²) in [7, 11) is 1.85. The largest absolute Gasteiger partial charge is 0.490 e. The summed E-state index contributed by atoms with van der Waals surface area (Å²) in [6.45, 7) is 2.93. The van der Waals surface area contributed by atoms with E-state index in [0.717, 1.165) is 32.8 Å². The molecule has 0 radical (unpaired) electrons. The van der Waals surface area contributed by atoms with Crippen molar-refractivity contribution in [2.45, 2.75) is 26.2 Å². The summed E-state index contributed by atoms with van der Waals surface area (Å²) in [6.07, 6.45) is 3.49. The smallest absolute Gasteiger partial charge is 0.169 e. The summed E-state index contributed by atoms with van der Waals surface area (Å²) in [5, 5.41) is 3.04. The lowest BCUT2D eigenvalue weighted by Gasteiger charge is -2.11. The van der Waals surface area contributed by atoms with E-state index in [1.807, 2.05) is 13.1 Å². The number of anilines is 1. The Morgan fingerprint density at radius 2 is 2.25 bits per heavy atom. The molecule has 0 fully saturated rings. The second kappa shape index (κ2) is 7.32. The van der Waals surface area contributed by atoms with Crippen LogP contribution < -0.4 is 10.1 Å². The molecule has 1 rings (SSSR count). The van der Waals surface area contributed by atoms with Gasteiger partial charge in [0.25, 0.3) is 0 Å². The fraction of sp³-hybridized carbons (Fsp3) is 0.545. The number of hydrogen-bond donors (Lipinski definition) is 1. The van der Waals surface area contributed by atoms with Gasteiger partial charge >= 0.3 is 0 Å². The Morgan fingerprint density at radius 1 is 1.50 bits per heavy atom. The molecule has 1 heterocycles. The molecule has 0 aliphatic heterocycles. The lowest BCUT2D eigenvalue weighted by atomic mass is 10.3. The highest BCUT2D eigenvalue weighted by molar-refractivity contribution is 14.1. The van der Waals surface area contributed by atoms with Crippen LogP contribution >= 0.6 is 38.5 Å². The van der Waals surface area contributed by atoms with Crippen molar-refractivity contribution in [1.82, 2.24) is 4.98 Å². The van der Waals surface area contributed by atoms with E-state index in [-0.39, 0.29) is 0 Å². The normalized spacial score (nSPS) is 10.2. The lowest BCUT2D eigenvalue weighted by Crippen LogP contribution is -2.03. The van der Waals surface area contributed by atoms with Crippen molar-refractivity contribution in [3.05, 3.63) is 14.2 Å². The Hall–Kier alpha value is -0.0400. The van der Waals surface area contributed by atoms with Crippen molar-refractivity contribution in [2.24, 2.45) is 0 Å². The van der Waals surface area contributed by atoms with E-state index in [1.165, 1.54) is 12.8 Å². The van der Waals surface area contributed by atoms with Gasteiger partial charge in [-0.05, 0) is 44.9 Å². The fourth-order valence-electron chi connectivity index (χ4n) is 1.27. The topological polar surface area (TPSA) is 34.1 Å². The zero-order chi connectivity index (χ0) is 12.0. The second-order valence-corrected chi connectivity index (χ2v) is 5.29. The van der Waals surface area contributed by atoms with Crippen LogP contribution in [0.3, 0.4) is 0 Å². The van der Waals surface area contributed by atoms with Gasteiger partial charge in [-0.1, -0.05) is 19.8 Å². The molecule has 90 valence electrons. The molecule has 1 aromatic rings. The lowest BCUT2D eigenvalue weighted by molar-refractivity contribution is 0.306. The van der Waals surface area contributed by atoms with Gasteiger partial charge in [-0.15, -0.1) is 0 Å². The van der Waals surface area contributed by atoms with E-state index in [9.17, 15) is 0 Å². The van der Waals surface area contributed by atoms with Crippen molar-refractivity contribution in [1.29, 1.82) is 0 Å². The van der Waals surface area contributed by atoms with Crippen molar-refractivity contribution >= 4 is 44.3 Å². The van der Waals surface area contributed by atoms with E-state index in [0.29, 0.717) is 0 Å². The molecule has 0 bridgehead atoms. The summed E-state index contributed by atoms with van der Waals surface area (Å²) in [4.78, 5) is 4.39. The van der Waals surface area contributed by atoms with Crippen molar-refractivity contribution in [3.8, 4) is 5.75 Å². The van der Waals surface area contributed by atoms with Crippen LogP contribution in [0.15, 0.2) is 10.5 Å². The first kappa shape index (κ1) is 14.0. The molecule has 0 spiro atoms. The third kappa shape index (κ3) is 4.08. The fourth-order valence-corrected chi connectivity index (χ4v) is 1.97. The SMILES string of the molecule is CCCCCOc1cc(Br)c(I)nc1NC. The Labute approximate surface area is 119 Å². The summed E-state index contributed by atoms with van der Waals surface area (Å²) >= 11 is 5.64. The molecular formula is C11H16BrIN2O. The number of ether oxygens (including phenoxy) is 1. The van der Waals surface area contributed by atoms with Crippen LogP contribution in [0, 0.1) is 3.70 Å². The second-order valence-electron chi connectivity index (χ2n) is 3.41. The molecule has 1 N–H and O–H groups in total. The quantitative estimate of drug-likeness (QED) is 0.445. The minimum absolute atomic E-state index is 0.747. The molecule has 1 aromatic heterocycles. The summed E-state index contributed by atoms with van der Waals surface area (Å²) in [5.41, 5.74) is 0. The third-order valence-electron chi connectivity index (χ3n) is 2.14. The molecule has 16 heavy (non-hydrogen) atoms. The highest BCUT2D eigenvalue weighted by Crippen LogP contribution is 2.29. The van der Waals surface area contributed by atoms with Gasteiger partial charge in [0.15, 0.2) is 11.6 Å². The Morgan fingerprint density at radius 3 is 2.88 bits per heavy atom. The average Bonchev–Trinajstić information content (AvgIpc) is 2.28. The molecule has 0 saturated heterocycles. The number of unbranched alkanes of at least 4 members (excludes halogenated alkanes) is 2. The molecule has 0 unspecified atom stereocenters. The van der Waals surface area contributed by atoms with Crippen LogP contribution in [0.4, 0.5) is 5.82 Å². The Kier molecular flexibility index (Phi) is 6.41. The van der Waals surface area contributed by atoms with Crippen LogP contribution in [0.25, 0.3) is 0 Å². The number of hydrogen-bond acceptors (Lipinski definition) is 3. The number of nitrogens with zero attached hydrogens (tertiary/aromatic N) is 1. The van der Waals surface area contributed by atoms with E-state index < -0.39 is 0 Å². The zero-order valence-electron chi connectivity index (χ0n) is 9.52. The van der Waals surface area contributed by atoms with Gasteiger partial charge in [0.2, 0.25) is 0 Å². The standard InChI is InChI=1S/C11H16BrIN2O/c1-3-4-5-6-16-9-7-8(12)10(13)15-11(9)14-2/h7H,3-6H2,1-2H3,(H,14,15). The summed E-state index contributed by atoms with van der Waals surface area (Å²) < 4.78 is 7.61. The van der Waals surface area contributed by atoms with Crippen LogP contribution in [-0.4, -0.2) is 18.6 Å². The summed E-state index contributed by atoms with van der Waals surface area (Å²) in [6, 6.07) is 1.96. The van der Waals surface area contributed by atoms with Gasteiger partial charge < -0.3 is 10.1 Å². The van der Waals surface area contributed by atoms with E-state index in [1.54, 1.807) is 0 Å². The first-order valence-corrected chi connectivity index (χ1v) is 7.22. The molecule has 0 amide bonds. The van der Waals surface area contributed by atoms with Gasteiger partial charge in [0, 0.05) is 13.1 Å². The highest BCUT2D eigenvalue weighted by atomic mass is 127. The predicted octanol–water partition coefficient (Wildman–Crippen LogP) is 4.06. The number of halogens is 2. The minimum Gasteiger partial charge on any atom is -0.490 e. The molecule has 5 heteroatoms. The van der Waals surface area contributed by atoms with E-state index >= 15 is 0 Å². The predicted molar refractivity (Wildman–Crippen MR) is 79.2 cm³/mol. The monoisotopic (exact) mass is 398 g/mol. The van der Waals surface area contributed by atoms with Gasteiger partial charge in [-0.2, -0.15) is 0 Å². The molecule has 0 aromatic carbocycles. The first-order valence-electron chi connectivity index (χ1n) is 5.35. The Bertz CT molecular complexity index is 347. The van der Waals surface area contributed by atoms with Gasteiger partial charge in [-0.25, -0.2) is 4.98 Å². The van der Waals surface area contributed by atoms with Gasteiger partial charge in [-0.3, -0.25) is 0 Å². The van der Waals surface area contributed by atoms with E-state index in [2.05, 4.69) is 55.7 Å². The van der Waals surface area contributed by atoms with Crippen LogP contribution in [0.2, 0.25) is 0 Å². The van der Waals surface area contributed by atoms with Gasteiger partial charge in [0.05, 0.1) is 11.1 Å². The molecule has 0 aliphatic carbocycles. The average molecular weight is 399 g/mol. The molecule has 0 aliphatic rings. The first-order chi connectivity index (χ1) is 7.69. The number of pyridine rings is 1. The van der Waals surface area contributed by atoms with Crippen LogP contribution in [0.1, 0.15) is 26.2 Å². The maximum absolute atomic E-state index is 5.71. The van der Waals surface area contributed by atoms with Crippen molar-refractivity contribution in [3.63, 3.8) is 0 Å².